The van der Waals surface area contributed by atoms with Crippen LogP contribution >= 0.6 is 31.9 Å². The zero-order chi connectivity index (χ0) is 10.3. The van der Waals surface area contributed by atoms with Gasteiger partial charge >= 0.3 is 0 Å². The van der Waals surface area contributed by atoms with Crippen molar-refractivity contribution < 1.29 is 0 Å². The van der Waals surface area contributed by atoms with Gasteiger partial charge in [0, 0.05) is 0 Å². The molecule has 4 heteroatoms. The fourth-order valence-electron chi connectivity index (χ4n) is 1.39. The van der Waals surface area contributed by atoms with Gasteiger partial charge in [0.05, 0.1) is 20.3 Å². The average Bonchev–Trinajstić information content (AvgIpc) is 2.23. The lowest BCUT2D eigenvalue weighted by Gasteiger charge is -2.10. The molecule has 0 saturated carbocycles. The second kappa shape index (κ2) is 3.44. The summed E-state index contributed by atoms with van der Waals surface area (Å²) >= 11 is 6.88. The van der Waals surface area contributed by atoms with Crippen LogP contribution in [0.15, 0.2) is 33.2 Å². The molecule has 0 atom stereocenters. The van der Waals surface area contributed by atoms with E-state index in [4.69, 9.17) is 11.5 Å². The monoisotopic (exact) mass is 314 g/mol. The quantitative estimate of drug-likeness (QED) is 0.731. The van der Waals surface area contributed by atoms with Gasteiger partial charge in [-0.15, -0.1) is 0 Å². The van der Waals surface area contributed by atoms with Crippen LogP contribution in [0.5, 0.6) is 0 Å². The highest BCUT2D eigenvalue weighted by Gasteiger charge is 2.11. The minimum absolute atomic E-state index is 0.579. The van der Waals surface area contributed by atoms with Gasteiger partial charge in [-0.05, 0) is 42.6 Å². The Balaban J connectivity index is 3.02. The van der Waals surface area contributed by atoms with E-state index in [0.29, 0.717) is 11.4 Å². The van der Waals surface area contributed by atoms with Crippen LogP contribution in [0.4, 0.5) is 11.4 Å². The number of nitrogens with two attached hydrogens (primary N) is 2. The van der Waals surface area contributed by atoms with Crippen LogP contribution in [0.1, 0.15) is 0 Å². The van der Waals surface area contributed by atoms with Crippen molar-refractivity contribution in [1.29, 1.82) is 0 Å². The number of hydrogen-bond acceptors (Lipinski definition) is 2. The van der Waals surface area contributed by atoms with Gasteiger partial charge in [0.2, 0.25) is 0 Å². The molecular weight excluding hydrogens is 308 g/mol. The van der Waals surface area contributed by atoms with Crippen molar-refractivity contribution in [3.8, 4) is 0 Å². The first-order valence-electron chi connectivity index (χ1n) is 4.03. The van der Waals surface area contributed by atoms with Crippen molar-refractivity contribution in [2.24, 2.45) is 0 Å². The van der Waals surface area contributed by atoms with Crippen molar-refractivity contribution in [1.82, 2.24) is 0 Å². The van der Waals surface area contributed by atoms with Crippen LogP contribution in [0.3, 0.4) is 0 Å². The zero-order valence-electron chi connectivity index (χ0n) is 7.22. The molecule has 0 saturated heterocycles. The Bertz CT molecular complexity index is 462. The Morgan fingerprint density at radius 2 is 1.14 bits per heavy atom. The molecule has 2 rings (SSSR count). The van der Waals surface area contributed by atoms with E-state index < -0.39 is 0 Å². The summed E-state index contributed by atoms with van der Waals surface area (Å²) in [4.78, 5) is 0. The van der Waals surface area contributed by atoms with Crippen LogP contribution in [0, 0.1) is 0 Å². The maximum absolute atomic E-state index is 5.85. The standard InChI is InChI=1S/C10H8Br2N2/c11-7-5-3-1-2-4-6(5)8(12)10(14)9(7)13/h1-4H,13-14H2. The maximum atomic E-state index is 5.85. The van der Waals surface area contributed by atoms with Crippen molar-refractivity contribution in [2.45, 2.75) is 0 Å². The lowest BCUT2D eigenvalue weighted by atomic mass is 10.1. The molecule has 0 spiro atoms. The molecule has 0 unspecified atom stereocenters. The molecule has 2 nitrogen and oxygen atoms in total. The first-order valence-corrected chi connectivity index (χ1v) is 5.62. The highest BCUT2D eigenvalue weighted by Crippen LogP contribution is 2.40. The van der Waals surface area contributed by atoms with Crippen LogP contribution in [-0.2, 0) is 0 Å². The first kappa shape index (κ1) is 9.80. The van der Waals surface area contributed by atoms with Gasteiger partial charge in [-0.2, -0.15) is 0 Å². The zero-order valence-corrected chi connectivity index (χ0v) is 10.4. The normalized spacial score (nSPS) is 10.7. The average molecular weight is 316 g/mol. The van der Waals surface area contributed by atoms with Crippen LogP contribution < -0.4 is 11.5 Å². The summed E-state index contributed by atoms with van der Waals surface area (Å²) in [6.07, 6.45) is 0. The fourth-order valence-corrected chi connectivity index (χ4v) is 2.51. The lowest BCUT2D eigenvalue weighted by Crippen LogP contribution is -1.97. The van der Waals surface area contributed by atoms with Crippen LogP contribution in [0.2, 0.25) is 0 Å². The van der Waals surface area contributed by atoms with Crippen LogP contribution in [-0.4, -0.2) is 0 Å². The Hall–Kier alpha value is -0.740. The minimum atomic E-state index is 0.579. The summed E-state index contributed by atoms with van der Waals surface area (Å²) in [5.41, 5.74) is 12.9. The topological polar surface area (TPSA) is 52.0 Å². The van der Waals surface area contributed by atoms with Gasteiger partial charge in [0.15, 0.2) is 0 Å². The third-order valence-corrected chi connectivity index (χ3v) is 3.87. The highest BCUT2D eigenvalue weighted by molar-refractivity contribution is 9.11. The third-order valence-electron chi connectivity index (χ3n) is 2.16. The Morgan fingerprint density at radius 3 is 1.50 bits per heavy atom. The summed E-state index contributed by atoms with van der Waals surface area (Å²) in [5, 5.41) is 2.12. The molecule has 2 aromatic carbocycles. The molecule has 2 aromatic rings. The van der Waals surface area contributed by atoms with Gasteiger partial charge in [-0.25, -0.2) is 0 Å². The van der Waals surface area contributed by atoms with Gasteiger partial charge in [0.25, 0.3) is 0 Å². The van der Waals surface area contributed by atoms with Crippen molar-refractivity contribution in [2.75, 3.05) is 11.5 Å². The molecule has 14 heavy (non-hydrogen) atoms. The van der Waals surface area contributed by atoms with Crippen molar-refractivity contribution in [3.63, 3.8) is 0 Å². The lowest BCUT2D eigenvalue weighted by molar-refractivity contribution is 1.64. The third kappa shape index (κ3) is 1.29. The molecular formula is C10H8Br2N2. The predicted molar refractivity (Wildman–Crippen MR) is 68.2 cm³/mol. The summed E-state index contributed by atoms with van der Waals surface area (Å²) in [5.74, 6) is 0. The second-order valence-corrected chi connectivity index (χ2v) is 4.59. The summed E-state index contributed by atoms with van der Waals surface area (Å²) in [6, 6.07) is 7.93. The number of rotatable bonds is 0. The number of fused-ring (bicyclic) bond motifs is 1. The van der Waals surface area contributed by atoms with Crippen molar-refractivity contribution in [3.05, 3.63) is 33.2 Å². The molecule has 4 N–H and O–H groups in total. The van der Waals surface area contributed by atoms with Gasteiger partial charge in [-0.3, -0.25) is 0 Å². The summed E-state index contributed by atoms with van der Waals surface area (Å²) < 4.78 is 1.71. The van der Waals surface area contributed by atoms with E-state index in [1.165, 1.54) is 0 Å². The van der Waals surface area contributed by atoms with E-state index in [2.05, 4.69) is 31.9 Å². The number of benzene rings is 2. The number of hydrogen-bond donors (Lipinski definition) is 2. The van der Waals surface area contributed by atoms with Crippen LogP contribution in [0.25, 0.3) is 10.8 Å². The predicted octanol–water partition coefficient (Wildman–Crippen LogP) is 3.53. The smallest absolute Gasteiger partial charge is 0.0710 e. The Labute approximate surface area is 98.5 Å². The maximum Gasteiger partial charge on any atom is 0.0710 e. The van der Waals surface area contributed by atoms with E-state index in [1.54, 1.807) is 0 Å². The molecule has 0 heterocycles. The minimum Gasteiger partial charge on any atom is -0.396 e. The Morgan fingerprint density at radius 1 is 0.786 bits per heavy atom. The number of halogens is 2. The van der Waals surface area contributed by atoms with Crippen molar-refractivity contribution >= 4 is 54.0 Å². The summed E-state index contributed by atoms with van der Waals surface area (Å²) in [6.45, 7) is 0. The molecule has 0 fully saturated rings. The molecule has 0 radical (unpaired) electrons. The molecule has 0 aliphatic heterocycles. The molecule has 0 aromatic heterocycles. The van der Waals surface area contributed by atoms with E-state index in [-0.39, 0.29) is 0 Å². The van der Waals surface area contributed by atoms with Gasteiger partial charge in [0.1, 0.15) is 0 Å². The van der Waals surface area contributed by atoms with E-state index in [9.17, 15) is 0 Å². The Kier molecular flexibility index (Phi) is 2.41. The molecule has 0 amide bonds. The van der Waals surface area contributed by atoms with E-state index in [0.717, 1.165) is 19.7 Å². The largest absolute Gasteiger partial charge is 0.396 e. The molecule has 0 bridgehead atoms. The molecule has 0 aliphatic carbocycles. The van der Waals surface area contributed by atoms with E-state index in [1.807, 2.05) is 24.3 Å². The number of nitrogen functional groups attached to an aromatic ring is 2. The van der Waals surface area contributed by atoms with Gasteiger partial charge in [-0.1, -0.05) is 24.3 Å². The number of anilines is 2. The van der Waals surface area contributed by atoms with Gasteiger partial charge < -0.3 is 11.5 Å². The highest BCUT2D eigenvalue weighted by atomic mass is 79.9. The molecule has 0 aliphatic rings. The van der Waals surface area contributed by atoms with E-state index >= 15 is 0 Å². The second-order valence-electron chi connectivity index (χ2n) is 3.00. The molecule has 72 valence electrons. The summed E-state index contributed by atoms with van der Waals surface area (Å²) in [7, 11) is 0. The fraction of sp³-hybridized carbons (Fsp3) is 0. The SMILES string of the molecule is Nc1c(N)c(Br)c2ccccc2c1Br. The first-order chi connectivity index (χ1) is 6.63.